The van der Waals surface area contributed by atoms with E-state index in [0.29, 0.717) is 6.54 Å². The third-order valence-electron chi connectivity index (χ3n) is 2.19. The minimum atomic E-state index is -1.29. The van der Waals surface area contributed by atoms with Crippen molar-refractivity contribution in [3.63, 3.8) is 0 Å². The molecule has 0 aliphatic carbocycles. The second-order valence-electron chi connectivity index (χ2n) is 4.70. The predicted octanol–water partition coefficient (Wildman–Crippen LogP) is 0.574. The first-order valence-electron chi connectivity index (χ1n) is 4.95. The number of amides is 2. The van der Waals surface area contributed by atoms with Crippen LogP contribution in [0.25, 0.3) is 0 Å². The Morgan fingerprint density at radius 2 is 1.75 bits per heavy atom. The summed E-state index contributed by atoms with van der Waals surface area (Å²) in [6.07, 6.45) is 0. The minimum absolute atomic E-state index is 0.297. The van der Waals surface area contributed by atoms with Crippen LogP contribution in [0.3, 0.4) is 0 Å². The van der Waals surface area contributed by atoms with E-state index in [4.69, 9.17) is 9.84 Å². The molecule has 94 valence electrons. The summed E-state index contributed by atoms with van der Waals surface area (Å²) >= 11 is 0. The van der Waals surface area contributed by atoms with Crippen molar-refractivity contribution in [3.8, 4) is 0 Å². The third kappa shape index (κ3) is 4.97. The molecule has 0 radical (unpaired) electrons. The lowest BCUT2D eigenvalue weighted by atomic mass is 10.1. The number of nitrogens with one attached hydrogen (secondary N) is 2. The second kappa shape index (κ2) is 5.16. The average Bonchev–Trinajstić information content (AvgIpc) is 2.14. The summed E-state index contributed by atoms with van der Waals surface area (Å²) < 4.78 is 5.11. The molecule has 0 aromatic heterocycles. The van der Waals surface area contributed by atoms with Crippen LogP contribution in [0.5, 0.6) is 0 Å². The Balaban J connectivity index is 4.16. The summed E-state index contributed by atoms with van der Waals surface area (Å²) in [7, 11) is 1.54. The largest absolute Gasteiger partial charge is 0.480 e. The smallest absolute Gasteiger partial charge is 0.328 e. The summed E-state index contributed by atoms with van der Waals surface area (Å²) in [5, 5.41) is 13.7. The van der Waals surface area contributed by atoms with Gasteiger partial charge in [-0.3, -0.25) is 0 Å². The Kier molecular flexibility index (Phi) is 4.74. The van der Waals surface area contributed by atoms with E-state index in [-0.39, 0.29) is 0 Å². The van der Waals surface area contributed by atoms with Gasteiger partial charge in [-0.25, -0.2) is 9.59 Å². The first kappa shape index (κ1) is 14.7. The van der Waals surface area contributed by atoms with Gasteiger partial charge in [-0.1, -0.05) is 0 Å². The van der Waals surface area contributed by atoms with Gasteiger partial charge in [-0.15, -0.1) is 0 Å². The molecule has 2 amide bonds. The summed E-state index contributed by atoms with van der Waals surface area (Å²) in [6, 6.07) is -0.530. The summed E-state index contributed by atoms with van der Waals surface area (Å²) in [5.41, 5.74) is -1.77. The normalized spacial score (nSPS) is 12.1. The summed E-state index contributed by atoms with van der Waals surface area (Å²) in [4.78, 5) is 22.1. The van der Waals surface area contributed by atoms with Crippen LogP contribution >= 0.6 is 0 Å². The topological polar surface area (TPSA) is 87.7 Å². The van der Waals surface area contributed by atoms with Gasteiger partial charge in [0.2, 0.25) is 0 Å². The first-order chi connectivity index (χ1) is 7.10. The SMILES string of the molecule is COC(C)(C)CNC(=O)NC(C)(C)C(=O)O. The lowest BCUT2D eigenvalue weighted by molar-refractivity contribution is -0.142. The number of carbonyl (C=O) groups excluding carboxylic acids is 1. The monoisotopic (exact) mass is 232 g/mol. The van der Waals surface area contributed by atoms with Crippen LogP contribution in [0.2, 0.25) is 0 Å². The molecule has 0 aromatic carbocycles. The predicted molar refractivity (Wildman–Crippen MR) is 59.3 cm³/mol. The molecule has 0 saturated carbocycles. The van der Waals surface area contributed by atoms with E-state index in [2.05, 4.69) is 10.6 Å². The van der Waals surface area contributed by atoms with Crippen molar-refractivity contribution in [2.24, 2.45) is 0 Å². The second-order valence-corrected chi connectivity index (χ2v) is 4.70. The molecule has 0 heterocycles. The molecule has 0 bridgehead atoms. The zero-order chi connectivity index (χ0) is 13.0. The Hall–Kier alpha value is -1.30. The maximum atomic E-state index is 11.4. The van der Waals surface area contributed by atoms with E-state index < -0.39 is 23.1 Å². The Morgan fingerprint density at radius 3 is 2.12 bits per heavy atom. The van der Waals surface area contributed by atoms with Gasteiger partial charge >= 0.3 is 12.0 Å². The number of hydrogen-bond acceptors (Lipinski definition) is 3. The zero-order valence-electron chi connectivity index (χ0n) is 10.4. The van der Waals surface area contributed by atoms with E-state index in [9.17, 15) is 9.59 Å². The Bertz CT molecular complexity index is 274. The number of ether oxygens (including phenoxy) is 1. The maximum Gasteiger partial charge on any atom is 0.328 e. The molecule has 6 heteroatoms. The fourth-order valence-electron chi connectivity index (χ4n) is 0.747. The number of hydrogen-bond donors (Lipinski definition) is 3. The fraction of sp³-hybridized carbons (Fsp3) is 0.800. The molecule has 6 nitrogen and oxygen atoms in total. The Labute approximate surface area is 95.4 Å². The molecular weight excluding hydrogens is 212 g/mol. The quantitative estimate of drug-likeness (QED) is 0.646. The number of carbonyl (C=O) groups is 2. The molecule has 0 aliphatic heterocycles. The molecule has 0 spiro atoms. The molecule has 0 fully saturated rings. The number of carboxylic acid groups (broad SMARTS) is 1. The molecular formula is C10H20N2O4. The van der Waals surface area contributed by atoms with E-state index in [1.54, 1.807) is 7.11 Å². The van der Waals surface area contributed by atoms with Crippen molar-refractivity contribution in [2.75, 3.05) is 13.7 Å². The average molecular weight is 232 g/mol. The van der Waals surface area contributed by atoms with Gasteiger partial charge in [0.25, 0.3) is 0 Å². The molecule has 0 aliphatic rings. The zero-order valence-corrected chi connectivity index (χ0v) is 10.4. The Morgan fingerprint density at radius 1 is 1.25 bits per heavy atom. The van der Waals surface area contributed by atoms with Crippen molar-refractivity contribution < 1.29 is 19.4 Å². The van der Waals surface area contributed by atoms with Gasteiger partial charge in [0.1, 0.15) is 5.54 Å². The molecule has 0 rings (SSSR count). The van der Waals surface area contributed by atoms with Gasteiger partial charge in [0, 0.05) is 13.7 Å². The van der Waals surface area contributed by atoms with Crippen LogP contribution < -0.4 is 10.6 Å². The van der Waals surface area contributed by atoms with Gasteiger partial charge < -0.3 is 20.5 Å². The first-order valence-corrected chi connectivity index (χ1v) is 4.95. The maximum absolute atomic E-state index is 11.4. The van der Waals surface area contributed by atoms with Crippen molar-refractivity contribution in [1.29, 1.82) is 0 Å². The third-order valence-corrected chi connectivity index (χ3v) is 2.19. The van der Waals surface area contributed by atoms with Crippen LogP contribution in [0.1, 0.15) is 27.7 Å². The molecule has 0 atom stereocenters. The van der Waals surface area contributed by atoms with E-state index in [1.165, 1.54) is 13.8 Å². The van der Waals surface area contributed by atoms with Crippen LogP contribution in [-0.4, -0.2) is 41.9 Å². The number of urea groups is 1. The van der Waals surface area contributed by atoms with Gasteiger partial charge in [0.15, 0.2) is 0 Å². The molecule has 3 N–H and O–H groups in total. The van der Waals surface area contributed by atoms with Crippen LogP contribution in [-0.2, 0) is 9.53 Å². The number of rotatable bonds is 5. The van der Waals surface area contributed by atoms with E-state index in [1.807, 2.05) is 13.8 Å². The minimum Gasteiger partial charge on any atom is -0.480 e. The molecule has 0 aromatic rings. The van der Waals surface area contributed by atoms with Gasteiger partial charge in [-0.2, -0.15) is 0 Å². The van der Waals surface area contributed by atoms with Gasteiger partial charge in [0.05, 0.1) is 5.60 Å². The lowest BCUT2D eigenvalue weighted by Crippen LogP contribution is -2.54. The van der Waals surface area contributed by atoms with Crippen LogP contribution in [0, 0.1) is 0 Å². The van der Waals surface area contributed by atoms with E-state index >= 15 is 0 Å². The number of methoxy groups -OCH3 is 1. The van der Waals surface area contributed by atoms with E-state index in [0.717, 1.165) is 0 Å². The molecule has 0 saturated heterocycles. The highest BCUT2D eigenvalue weighted by molar-refractivity contribution is 5.85. The molecule has 16 heavy (non-hydrogen) atoms. The van der Waals surface area contributed by atoms with Crippen molar-refractivity contribution >= 4 is 12.0 Å². The highest BCUT2D eigenvalue weighted by atomic mass is 16.5. The molecule has 0 unspecified atom stereocenters. The highest BCUT2D eigenvalue weighted by Crippen LogP contribution is 2.05. The van der Waals surface area contributed by atoms with Gasteiger partial charge in [-0.05, 0) is 27.7 Å². The van der Waals surface area contributed by atoms with Crippen LogP contribution in [0.4, 0.5) is 4.79 Å². The van der Waals surface area contributed by atoms with Crippen molar-refractivity contribution in [1.82, 2.24) is 10.6 Å². The standard InChI is InChI=1S/C10H20N2O4/c1-9(2,16-5)6-11-8(15)12-10(3,4)7(13)14/h6H2,1-5H3,(H,13,14)(H2,11,12,15). The summed E-state index contributed by atoms with van der Waals surface area (Å²) in [6.45, 7) is 6.75. The van der Waals surface area contributed by atoms with Crippen molar-refractivity contribution in [3.05, 3.63) is 0 Å². The highest BCUT2D eigenvalue weighted by Gasteiger charge is 2.29. The lowest BCUT2D eigenvalue weighted by Gasteiger charge is -2.25. The van der Waals surface area contributed by atoms with Crippen LogP contribution in [0.15, 0.2) is 0 Å². The van der Waals surface area contributed by atoms with Crippen molar-refractivity contribution in [2.45, 2.75) is 38.8 Å². The fourth-order valence-corrected chi connectivity index (χ4v) is 0.747. The number of carboxylic acids is 1. The number of aliphatic carboxylic acids is 1. The summed E-state index contributed by atoms with van der Waals surface area (Å²) in [5.74, 6) is -1.09.